The highest BCUT2D eigenvalue weighted by Gasteiger charge is 2.26. The van der Waals surface area contributed by atoms with E-state index in [9.17, 15) is 10.1 Å². The number of benzene rings is 1. The Balaban J connectivity index is 1.97. The van der Waals surface area contributed by atoms with Gasteiger partial charge in [-0.25, -0.2) is 0 Å². The molecule has 0 radical (unpaired) electrons. The van der Waals surface area contributed by atoms with Crippen molar-refractivity contribution in [1.82, 2.24) is 5.32 Å². The molecule has 4 unspecified atom stereocenters. The Morgan fingerprint density at radius 3 is 2.45 bits per heavy atom. The van der Waals surface area contributed by atoms with Crippen LogP contribution in [0.15, 0.2) is 24.3 Å². The minimum atomic E-state index is -0.355. The van der Waals surface area contributed by atoms with E-state index in [-0.39, 0.29) is 16.7 Å². The van der Waals surface area contributed by atoms with Gasteiger partial charge in [-0.05, 0) is 43.6 Å². The van der Waals surface area contributed by atoms with Crippen molar-refractivity contribution < 1.29 is 4.92 Å². The van der Waals surface area contributed by atoms with Crippen molar-refractivity contribution in [2.24, 2.45) is 11.8 Å². The number of nitrogens with one attached hydrogen (secondary N) is 1. The lowest BCUT2D eigenvalue weighted by Gasteiger charge is -2.35. The number of hydrogen-bond acceptors (Lipinski definition) is 3. The van der Waals surface area contributed by atoms with Crippen LogP contribution in [0.25, 0.3) is 0 Å². The average molecular weight is 276 g/mol. The molecule has 0 saturated heterocycles. The van der Waals surface area contributed by atoms with Crippen LogP contribution >= 0.6 is 0 Å². The summed E-state index contributed by atoms with van der Waals surface area (Å²) in [5, 5.41) is 14.3. The molecule has 1 aliphatic carbocycles. The van der Waals surface area contributed by atoms with Gasteiger partial charge < -0.3 is 5.32 Å². The fourth-order valence-corrected chi connectivity index (χ4v) is 3.22. The van der Waals surface area contributed by atoms with E-state index in [1.807, 2.05) is 12.1 Å². The number of nitro groups is 1. The highest BCUT2D eigenvalue weighted by molar-refractivity contribution is 5.34. The molecule has 4 nitrogen and oxygen atoms in total. The summed E-state index contributed by atoms with van der Waals surface area (Å²) >= 11 is 0. The molecule has 0 aliphatic heterocycles. The van der Waals surface area contributed by atoms with E-state index in [1.165, 1.54) is 19.3 Å². The number of nitro benzene ring substituents is 1. The van der Waals surface area contributed by atoms with Crippen molar-refractivity contribution in [3.63, 3.8) is 0 Å². The van der Waals surface area contributed by atoms with Crippen LogP contribution in [0.2, 0.25) is 0 Å². The normalized spacial score (nSPS) is 28.1. The maximum atomic E-state index is 10.7. The van der Waals surface area contributed by atoms with Crippen LogP contribution in [0.5, 0.6) is 0 Å². The van der Waals surface area contributed by atoms with Gasteiger partial charge in [-0.15, -0.1) is 0 Å². The topological polar surface area (TPSA) is 55.2 Å². The van der Waals surface area contributed by atoms with Crippen LogP contribution in [0, 0.1) is 22.0 Å². The third-order valence-corrected chi connectivity index (χ3v) is 4.50. The summed E-state index contributed by atoms with van der Waals surface area (Å²) in [6.07, 6.45) is 3.79. The van der Waals surface area contributed by atoms with Crippen LogP contribution in [0.1, 0.15) is 51.6 Å². The molecule has 0 heterocycles. The highest BCUT2D eigenvalue weighted by atomic mass is 16.6. The third kappa shape index (κ3) is 3.57. The molecule has 0 aromatic heterocycles. The standard InChI is InChI=1S/C16H24N2O2/c1-11-4-9-16(12(2)10-11)17-13(3)14-5-7-15(8-6-14)18(19)20/h5-8,11-13,16-17H,4,9-10H2,1-3H3. The highest BCUT2D eigenvalue weighted by Crippen LogP contribution is 2.30. The zero-order chi connectivity index (χ0) is 14.7. The Labute approximate surface area is 120 Å². The molecule has 1 aromatic rings. The second kappa shape index (κ2) is 6.35. The van der Waals surface area contributed by atoms with E-state index < -0.39 is 0 Å². The Bertz CT molecular complexity index is 458. The minimum Gasteiger partial charge on any atom is -0.307 e. The first-order chi connectivity index (χ1) is 9.47. The minimum absolute atomic E-state index is 0.154. The largest absolute Gasteiger partial charge is 0.307 e. The number of rotatable bonds is 4. The Kier molecular flexibility index (Phi) is 4.76. The quantitative estimate of drug-likeness (QED) is 0.666. The molecule has 1 saturated carbocycles. The Morgan fingerprint density at radius 1 is 1.25 bits per heavy atom. The van der Waals surface area contributed by atoms with Gasteiger partial charge in [0.2, 0.25) is 0 Å². The lowest BCUT2D eigenvalue weighted by Crippen LogP contribution is -2.40. The van der Waals surface area contributed by atoms with E-state index >= 15 is 0 Å². The monoisotopic (exact) mass is 276 g/mol. The summed E-state index contributed by atoms with van der Waals surface area (Å²) in [6, 6.07) is 7.66. The van der Waals surface area contributed by atoms with E-state index in [0.29, 0.717) is 12.0 Å². The molecule has 1 aromatic carbocycles. The fraction of sp³-hybridized carbons (Fsp3) is 0.625. The molecule has 0 bridgehead atoms. The predicted octanol–water partition coefficient (Wildman–Crippen LogP) is 4.07. The van der Waals surface area contributed by atoms with Crippen LogP contribution in [0.4, 0.5) is 5.69 Å². The number of nitrogens with zero attached hydrogens (tertiary/aromatic N) is 1. The molecule has 0 amide bonds. The summed E-state index contributed by atoms with van der Waals surface area (Å²) in [5.41, 5.74) is 1.27. The number of non-ortho nitro benzene ring substituents is 1. The maximum Gasteiger partial charge on any atom is 0.269 e. The molecule has 1 fully saturated rings. The molecule has 110 valence electrons. The van der Waals surface area contributed by atoms with Crippen molar-refractivity contribution in [2.75, 3.05) is 0 Å². The van der Waals surface area contributed by atoms with Crippen LogP contribution in [-0.2, 0) is 0 Å². The van der Waals surface area contributed by atoms with Crippen molar-refractivity contribution in [3.8, 4) is 0 Å². The molecular formula is C16H24N2O2. The van der Waals surface area contributed by atoms with Crippen molar-refractivity contribution in [1.29, 1.82) is 0 Å². The molecule has 2 rings (SSSR count). The molecule has 0 spiro atoms. The van der Waals surface area contributed by atoms with E-state index in [4.69, 9.17) is 0 Å². The van der Waals surface area contributed by atoms with Gasteiger partial charge >= 0.3 is 0 Å². The Morgan fingerprint density at radius 2 is 1.90 bits per heavy atom. The van der Waals surface area contributed by atoms with Crippen molar-refractivity contribution in [3.05, 3.63) is 39.9 Å². The summed E-state index contributed by atoms with van der Waals surface area (Å²) in [4.78, 5) is 10.3. The first-order valence-corrected chi connectivity index (χ1v) is 7.47. The van der Waals surface area contributed by atoms with E-state index in [0.717, 1.165) is 11.5 Å². The zero-order valence-corrected chi connectivity index (χ0v) is 12.5. The first kappa shape index (κ1) is 15.0. The van der Waals surface area contributed by atoms with Gasteiger partial charge in [0.05, 0.1) is 4.92 Å². The summed E-state index contributed by atoms with van der Waals surface area (Å²) in [7, 11) is 0. The first-order valence-electron chi connectivity index (χ1n) is 7.47. The Hall–Kier alpha value is -1.42. The lowest BCUT2D eigenvalue weighted by molar-refractivity contribution is -0.384. The molecule has 20 heavy (non-hydrogen) atoms. The van der Waals surface area contributed by atoms with Gasteiger partial charge in [-0.2, -0.15) is 0 Å². The maximum absolute atomic E-state index is 10.7. The van der Waals surface area contributed by atoms with Gasteiger partial charge in [0, 0.05) is 24.2 Å². The second-order valence-electron chi connectivity index (χ2n) is 6.24. The fourth-order valence-electron chi connectivity index (χ4n) is 3.22. The molecular weight excluding hydrogens is 252 g/mol. The SMILES string of the molecule is CC1CCC(NC(C)c2ccc([N+](=O)[O-])cc2)C(C)C1. The van der Waals surface area contributed by atoms with Crippen LogP contribution in [-0.4, -0.2) is 11.0 Å². The second-order valence-corrected chi connectivity index (χ2v) is 6.24. The lowest BCUT2D eigenvalue weighted by atomic mass is 9.79. The summed E-state index contributed by atoms with van der Waals surface area (Å²) in [5.74, 6) is 1.52. The third-order valence-electron chi connectivity index (χ3n) is 4.50. The average Bonchev–Trinajstić information content (AvgIpc) is 2.42. The van der Waals surface area contributed by atoms with Gasteiger partial charge in [0.1, 0.15) is 0 Å². The van der Waals surface area contributed by atoms with Crippen molar-refractivity contribution in [2.45, 2.75) is 52.1 Å². The summed E-state index contributed by atoms with van der Waals surface area (Å²) in [6.45, 7) is 6.77. The summed E-state index contributed by atoms with van der Waals surface area (Å²) < 4.78 is 0. The van der Waals surface area contributed by atoms with E-state index in [1.54, 1.807) is 12.1 Å². The van der Waals surface area contributed by atoms with Crippen molar-refractivity contribution >= 4 is 5.69 Å². The molecule has 4 heteroatoms. The predicted molar refractivity (Wildman–Crippen MR) is 80.6 cm³/mol. The van der Waals surface area contributed by atoms with Gasteiger partial charge in [-0.3, -0.25) is 10.1 Å². The van der Waals surface area contributed by atoms with Crippen LogP contribution in [0.3, 0.4) is 0 Å². The van der Waals surface area contributed by atoms with E-state index in [2.05, 4.69) is 26.1 Å². The smallest absolute Gasteiger partial charge is 0.269 e. The molecule has 1 N–H and O–H groups in total. The molecule has 4 atom stereocenters. The zero-order valence-electron chi connectivity index (χ0n) is 12.5. The number of hydrogen-bond donors (Lipinski definition) is 1. The van der Waals surface area contributed by atoms with Crippen LogP contribution < -0.4 is 5.32 Å². The molecule has 1 aliphatic rings. The van der Waals surface area contributed by atoms with Gasteiger partial charge in [0.15, 0.2) is 0 Å². The van der Waals surface area contributed by atoms with Gasteiger partial charge in [0.25, 0.3) is 5.69 Å². The van der Waals surface area contributed by atoms with Gasteiger partial charge in [-0.1, -0.05) is 26.0 Å².